The van der Waals surface area contributed by atoms with E-state index < -0.39 is 0 Å². The maximum absolute atomic E-state index is 5.50. The fourth-order valence-corrected chi connectivity index (χ4v) is 1.74. The number of nitrogens with one attached hydrogen (secondary N) is 1. The highest BCUT2D eigenvalue weighted by Gasteiger charge is 2.26. The molecule has 1 N–H and O–H groups in total. The van der Waals surface area contributed by atoms with Crippen LogP contribution in [0.2, 0.25) is 0 Å². The summed E-state index contributed by atoms with van der Waals surface area (Å²) in [4.78, 5) is 4.48. The van der Waals surface area contributed by atoms with Crippen molar-refractivity contribution >= 4 is 0 Å². The van der Waals surface area contributed by atoms with Crippen LogP contribution in [0.3, 0.4) is 0 Å². The van der Waals surface area contributed by atoms with Crippen LogP contribution in [-0.2, 0) is 4.74 Å². The molecule has 4 nitrogen and oxygen atoms in total. The van der Waals surface area contributed by atoms with E-state index in [9.17, 15) is 0 Å². The predicted molar refractivity (Wildman–Crippen MR) is 53.2 cm³/mol. The molecule has 2 unspecified atom stereocenters. The third kappa shape index (κ3) is 1.80. The Kier molecular flexibility index (Phi) is 2.54. The molecule has 14 heavy (non-hydrogen) atoms. The fraction of sp³-hybridized carbons (Fsp3) is 0.800. The molecule has 0 aliphatic carbocycles. The van der Waals surface area contributed by atoms with Gasteiger partial charge in [0, 0.05) is 11.8 Å². The van der Waals surface area contributed by atoms with Gasteiger partial charge in [-0.25, -0.2) is 4.98 Å². The van der Waals surface area contributed by atoms with Crippen LogP contribution in [0, 0.1) is 0 Å². The predicted octanol–water partition coefficient (Wildman–Crippen LogP) is 1.82. The van der Waals surface area contributed by atoms with Crippen LogP contribution in [0.5, 0.6) is 0 Å². The molecule has 1 aliphatic rings. The van der Waals surface area contributed by atoms with Gasteiger partial charge in [-0.15, -0.1) is 0 Å². The second kappa shape index (κ2) is 3.69. The molecule has 0 aromatic carbocycles. The quantitative estimate of drug-likeness (QED) is 0.783. The maximum atomic E-state index is 5.50. The highest BCUT2D eigenvalue weighted by molar-refractivity contribution is 5.02. The summed E-state index contributed by atoms with van der Waals surface area (Å²) < 4.78 is 5.50. The summed E-state index contributed by atoms with van der Waals surface area (Å²) in [5.41, 5.74) is 0. The SMILES string of the molecule is CC1CC(c2nc(C(C)C)n[nH]2)CO1. The summed E-state index contributed by atoms with van der Waals surface area (Å²) in [7, 11) is 0. The lowest BCUT2D eigenvalue weighted by molar-refractivity contribution is 0.123. The number of aromatic nitrogens is 3. The largest absolute Gasteiger partial charge is 0.378 e. The zero-order valence-electron chi connectivity index (χ0n) is 8.95. The minimum Gasteiger partial charge on any atom is -0.378 e. The van der Waals surface area contributed by atoms with Crippen LogP contribution in [0.4, 0.5) is 0 Å². The van der Waals surface area contributed by atoms with Crippen molar-refractivity contribution in [3.05, 3.63) is 11.6 Å². The van der Waals surface area contributed by atoms with Crippen molar-refractivity contribution in [3.8, 4) is 0 Å². The molecule has 1 aromatic heterocycles. The lowest BCUT2D eigenvalue weighted by atomic mass is 10.1. The first-order valence-electron chi connectivity index (χ1n) is 5.20. The Bertz CT molecular complexity index is 308. The van der Waals surface area contributed by atoms with Crippen molar-refractivity contribution in [3.63, 3.8) is 0 Å². The number of hydrogen-bond donors (Lipinski definition) is 1. The number of H-pyrrole nitrogens is 1. The second-order valence-electron chi connectivity index (χ2n) is 4.31. The Balaban J connectivity index is 2.09. The van der Waals surface area contributed by atoms with Crippen LogP contribution >= 0.6 is 0 Å². The minimum atomic E-state index is 0.354. The van der Waals surface area contributed by atoms with E-state index in [1.54, 1.807) is 0 Å². The lowest BCUT2D eigenvalue weighted by Gasteiger charge is -2.01. The summed E-state index contributed by atoms with van der Waals surface area (Å²) >= 11 is 0. The van der Waals surface area contributed by atoms with Crippen LogP contribution in [0.25, 0.3) is 0 Å². The van der Waals surface area contributed by atoms with Gasteiger partial charge < -0.3 is 4.74 Å². The van der Waals surface area contributed by atoms with E-state index in [1.807, 2.05) is 0 Å². The molecule has 0 radical (unpaired) electrons. The van der Waals surface area contributed by atoms with Gasteiger partial charge in [0.2, 0.25) is 0 Å². The molecule has 1 saturated heterocycles. The maximum Gasteiger partial charge on any atom is 0.153 e. The molecule has 2 atom stereocenters. The molecule has 0 amide bonds. The Labute approximate surface area is 84.1 Å². The summed E-state index contributed by atoms with van der Waals surface area (Å²) in [5, 5.41) is 7.20. The van der Waals surface area contributed by atoms with Gasteiger partial charge in [-0.3, -0.25) is 5.10 Å². The molecule has 0 spiro atoms. The van der Waals surface area contributed by atoms with Crippen molar-refractivity contribution in [2.24, 2.45) is 0 Å². The van der Waals surface area contributed by atoms with Gasteiger partial charge in [0.1, 0.15) is 5.82 Å². The molecule has 2 heterocycles. The monoisotopic (exact) mass is 195 g/mol. The van der Waals surface area contributed by atoms with E-state index in [0.717, 1.165) is 24.7 Å². The molecule has 1 aromatic rings. The van der Waals surface area contributed by atoms with Crippen LogP contribution in [-0.4, -0.2) is 27.9 Å². The van der Waals surface area contributed by atoms with Gasteiger partial charge in [0.25, 0.3) is 0 Å². The second-order valence-corrected chi connectivity index (χ2v) is 4.31. The Morgan fingerprint density at radius 3 is 2.79 bits per heavy atom. The summed E-state index contributed by atoms with van der Waals surface area (Å²) in [6.07, 6.45) is 1.40. The first-order chi connectivity index (χ1) is 6.66. The zero-order chi connectivity index (χ0) is 10.1. The van der Waals surface area contributed by atoms with Crippen LogP contribution in [0.1, 0.15) is 50.7 Å². The van der Waals surface area contributed by atoms with E-state index in [1.165, 1.54) is 0 Å². The van der Waals surface area contributed by atoms with Gasteiger partial charge in [0.05, 0.1) is 12.7 Å². The standard InChI is InChI=1S/C10H17N3O/c1-6(2)9-11-10(13-12-9)8-4-7(3)14-5-8/h6-8H,4-5H2,1-3H3,(H,11,12,13). The summed E-state index contributed by atoms with van der Waals surface area (Å²) in [5.74, 6) is 2.68. The van der Waals surface area contributed by atoms with E-state index in [2.05, 4.69) is 36.0 Å². The van der Waals surface area contributed by atoms with Crippen LogP contribution in [0.15, 0.2) is 0 Å². The minimum absolute atomic E-state index is 0.354. The molecule has 1 aliphatic heterocycles. The van der Waals surface area contributed by atoms with Crippen molar-refractivity contribution in [1.82, 2.24) is 15.2 Å². The van der Waals surface area contributed by atoms with E-state index in [-0.39, 0.29) is 0 Å². The highest BCUT2D eigenvalue weighted by Crippen LogP contribution is 2.27. The Morgan fingerprint density at radius 2 is 2.29 bits per heavy atom. The molecule has 0 saturated carbocycles. The smallest absolute Gasteiger partial charge is 0.153 e. The van der Waals surface area contributed by atoms with Crippen molar-refractivity contribution in [1.29, 1.82) is 0 Å². The molecular formula is C10H17N3O. The van der Waals surface area contributed by atoms with Gasteiger partial charge >= 0.3 is 0 Å². The average molecular weight is 195 g/mol. The fourth-order valence-electron chi connectivity index (χ4n) is 1.74. The van der Waals surface area contributed by atoms with E-state index in [4.69, 9.17) is 4.74 Å². The Hall–Kier alpha value is -0.900. The molecular weight excluding hydrogens is 178 g/mol. The molecule has 1 fully saturated rings. The first kappa shape index (κ1) is 9.65. The lowest BCUT2D eigenvalue weighted by Crippen LogP contribution is -2.00. The zero-order valence-corrected chi connectivity index (χ0v) is 8.95. The van der Waals surface area contributed by atoms with Gasteiger partial charge in [-0.05, 0) is 13.3 Å². The average Bonchev–Trinajstić information content (AvgIpc) is 2.70. The molecule has 78 valence electrons. The number of rotatable bonds is 2. The van der Waals surface area contributed by atoms with Crippen molar-refractivity contribution in [2.75, 3.05) is 6.61 Å². The van der Waals surface area contributed by atoms with Gasteiger partial charge in [0.15, 0.2) is 5.82 Å². The molecule has 0 bridgehead atoms. The highest BCUT2D eigenvalue weighted by atomic mass is 16.5. The van der Waals surface area contributed by atoms with Gasteiger partial charge in [-0.1, -0.05) is 13.8 Å². The number of ether oxygens (including phenoxy) is 1. The van der Waals surface area contributed by atoms with Crippen LogP contribution < -0.4 is 0 Å². The van der Waals surface area contributed by atoms with E-state index >= 15 is 0 Å². The van der Waals surface area contributed by atoms with Crippen molar-refractivity contribution in [2.45, 2.75) is 45.1 Å². The third-order valence-corrected chi connectivity index (χ3v) is 2.62. The van der Waals surface area contributed by atoms with Gasteiger partial charge in [-0.2, -0.15) is 5.10 Å². The third-order valence-electron chi connectivity index (χ3n) is 2.62. The molecule has 4 heteroatoms. The first-order valence-corrected chi connectivity index (χ1v) is 5.20. The number of hydrogen-bond acceptors (Lipinski definition) is 3. The normalized spacial score (nSPS) is 27.4. The molecule has 2 rings (SSSR count). The topological polar surface area (TPSA) is 50.8 Å². The van der Waals surface area contributed by atoms with E-state index in [0.29, 0.717) is 17.9 Å². The number of nitrogens with zero attached hydrogens (tertiary/aromatic N) is 2. The summed E-state index contributed by atoms with van der Waals surface area (Å²) in [6, 6.07) is 0. The number of aromatic amines is 1. The Morgan fingerprint density at radius 1 is 1.50 bits per heavy atom. The van der Waals surface area contributed by atoms with Crippen molar-refractivity contribution < 1.29 is 4.74 Å². The summed E-state index contributed by atoms with van der Waals surface area (Å²) in [6.45, 7) is 7.06.